The van der Waals surface area contributed by atoms with E-state index in [1.165, 1.54) is 17.7 Å². The van der Waals surface area contributed by atoms with Crippen LogP contribution < -0.4 is 10.3 Å². The van der Waals surface area contributed by atoms with Crippen LogP contribution in [0.4, 0.5) is 4.39 Å². The Morgan fingerprint density at radius 1 is 1.03 bits per heavy atom. The van der Waals surface area contributed by atoms with E-state index >= 15 is 4.39 Å². The average Bonchev–Trinajstić information content (AvgIpc) is 3.17. The predicted octanol–water partition coefficient (Wildman–Crippen LogP) is 4.29. The van der Waals surface area contributed by atoms with Gasteiger partial charge in [0.15, 0.2) is 11.4 Å². The number of ether oxygens (including phenoxy) is 1. The van der Waals surface area contributed by atoms with Gasteiger partial charge in [-0.2, -0.15) is 0 Å². The minimum Gasteiger partial charge on any atom is -0.491 e. The van der Waals surface area contributed by atoms with Gasteiger partial charge in [-0.15, -0.1) is 0 Å². The number of benzene rings is 1. The third-order valence-electron chi connectivity index (χ3n) is 5.85. The molecular weight excluding hydrogens is 433 g/mol. The Morgan fingerprint density at radius 2 is 1.82 bits per heavy atom. The van der Waals surface area contributed by atoms with Crippen molar-refractivity contribution < 1.29 is 9.13 Å². The molecule has 0 aliphatic carbocycles. The van der Waals surface area contributed by atoms with Crippen LogP contribution in [0.5, 0.6) is 5.75 Å². The first-order valence-electron chi connectivity index (χ1n) is 10.7. The smallest absolute Gasteiger partial charge is 0.292 e. The van der Waals surface area contributed by atoms with Crippen molar-refractivity contribution in [1.29, 1.82) is 0 Å². The molecule has 5 rings (SSSR count). The highest BCUT2D eigenvalue weighted by molar-refractivity contribution is 5.79. The second-order valence-corrected chi connectivity index (χ2v) is 7.99. The minimum atomic E-state index is -0.542. The molecule has 7 nitrogen and oxygen atoms in total. The molecule has 0 saturated heterocycles. The molecule has 8 heteroatoms. The van der Waals surface area contributed by atoms with Gasteiger partial charge < -0.3 is 13.9 Å². The van der Waals surface area contributed by atoms with Crippen molar-refractivity contribution in [3.8, 4) is 16.9 Å². The number of rotatable bonds is 5. The van der Waals surface area contributed by atoms with Crippen LogP contribution in [0.3, 0.4) is 0 Å². The molecule has 4 heterocycles. The van der Waals surface area contributed by atoms with Gasteiger partial charge in [0.25, 0.3) is 5.56 Å². The van der Waals surface area contributed by atoms with Crippen LogP contribution in [-0.4, -0.2) is 31.2 Å². The summed E-state index contributed by atoms with van der Waals surface area (Å²) in [5.41, 5.74) is 3.74. The highest BCUT2D eigenvalue weighted by Gasteiger charge is 2.25. The largest absolute Gasteiger partial charge is 0.491 e. The van der Waals surface area contributed by atoms with Crippen LogP contribution in [0.2, 0.25) is 0 Å². The highest BCUT2D eigenvalue weighted by Crippen LogP contribution is 2.33. The molecule has 0 aliphatic heterocycles. The van der Waals surface area contributed by atoms with Crippen LogP contribution in [0, 0.1) is 12.7 Å². The summed E-state index contributed by atoms with van der Waals surface area (Å²) in [5, 5.41) is 0. The van der Waals surface area contributed by atoms with Crippen molar-refractivity contribution in [2.24, 2.45) is 7.05 Å². The Bertz CT molecular complexity index is 1560. The number of pyridine rings is 3. The molecule has 0 radical (unpaired) electrons. The monoisotopic (exact) mass is 455 g/mol. The number of methoxy groups -OCH3 is 1. The summed E-state index contributed by atoms with van der Waals surface area (Å²) >= 11 is 0. The minimum absolute atomic E-state index is 0.226. The lowest BCUT2D eigenvalue weighted by Crippen LogP contribution is -2.18. The number of nitrogens with zero attached hydrogens (tertiary/aromatic N) is 5. The molecule has 4 aromatic heterocycles. The third-order valence-corrected chi connectivity index (χ3v) is 5.85. The van der Waals surface area contributed by atoms with E-state index in [1.807, 2.05) is 47.9 Å². The molecular formula is C26H22FN5O2. The quantitative estimate of drug-likeness (QED) is 0.395. The second kappa shape index (κ2) is 8.55. The normalized spacial score (nSPS) is 12.1. The molecule has 0 saturated carbocycles. The van der Waals surface area contributed by atoms with E-state index in [-0.39, 0.29) is 11.3 Å². The number of aryl methyl sites for hydroxylation is 2. The molecule has 0 bridgehead atoms. The molecule has 170 valence electrons. The zero-order valence-corrected chi connectivity index (χ0v) is 18.9. The fourth-order valence-corrected chi connectivity index (χ4v) is 4.22. The topological polar surface area (TPSA) is 74.8 Å². The van der Waals surface area contributed by atoms with Crippen molar-refractivity contribution >= 4 is 11.2 Å². The summed E-state index contributed by atoms with van der Waals surface area (Å²) in [6.45, 7) is 1.87. The van der Waals surface area contributed by atoms with Crippen molar-refractivity contribution in [3.05, 3.63) is 106 Å². The Hall–Kier alpha value is -4.33. The zero-order chi connectivity index (χ0) is 23.8. The molecule has 0 spiro atoms. The number of fused-ring (bicyclic) bond motifs is 1. The van der Waals surface area contributed by atoms with Gasteiger partial charge >= 0.3 is 0 Å². The summed E-state index contributed by atoms with van der Waals surface area (Å²) in [6, 6.07) is 15.7. The lowest BCUT2D eigenvalue weighted by molar-refractivity contribution is 0.405. The lowest BCUT2D eigenvalue weighted by atomic mass is 10.0. The Kier molecular flexibility index (Phi) is 5.41. The van der Waals surface area contributed by atoms with E-state index in [0.29, 0.717) is 17.2 Å². The van der Waals surface area contributed by atoms with Crippen molar-refractivity contribution in [2.75, 3.05) is 7.11 Å². The van der Waals surface area contributed by atoms with Gasteiger partial charge in [0.2, 0.25) is 0 Å². The summed E-state index contributed by atoms with van der Waals surface area (Å²) in [6.07, 6.45) is 5.02. The Balaban J connectivity index is 1.76. The van der Waals surface area contributed by atoms with E-state index in [1.54, 1.807) is 37.8 Å². The molecule has 5 aromatic rings. The van der Waals surface area contributed by atoms with Crippen LogP contribution in [0.1, 0.15) is 23.1 Å². The molecule has 34 heavy (non-hydrogen) atoms. The summed E-state index contributed by atoms with van der Waals surface area (Å²) < 4.78 is 23.7. The molecule has 0 aliphatic rings. The second-order valence-electron chi connectivity index (χ2n) is 7.99. The van der Waals surface area contributed by atoms with Crippen LogP contribution in [0.15, 0.2) is 78.0 Å². The number of hydrogen-bond donors (Lipinski definition) is 0. The average molecular weight is 455 g/mol. The van der Waals surface area contributed by atoms with E-state index < -0.39 is 11.9 Å². The maximum Gasteiger partial charge on any atom is 0.292 e. The molecule has 0 unspecified atom stereocenters. The van der Waals surface area contributed by atoms with E-state index in [0.717, 1.165) is 22.2 Å². The van der Waals surface area contributed by atoms with Crippen LogP contribution >= 0.6 is 0 Å². The molecule has 0 amide bonds. The number of hydrogen-bond acceptors (Lipinski definition) is 5. The van der Waals surface area contributed by atoms with Crippen LogP contribution in [0.25, 0.3) is 22.3 Å². The fraction of sp³-hybridized carbons (Fsp3) is 0.154. The molecule has 0 N–H and O–H groups in total. The first-order chi connectivity index (χ1) is 16.5. The predicted molar refractivity (Wildman–Crippen MR) is 127 cm³/mol. The molecule has 0 fully saturated rings. The maximum atomic E-state index is 15.0. The van der Waals surface area contributed by atoms with E-state index in [9.17, 15) is 4.79 Å². The summed E-state index contributed by atoms with van der Waals surface area (Å²) in [4.78, 5) is 25.8. The first-order valence-corrected chi connectivity index (χ1v) is 10.7. The number of halogens is 1. The number of aromatic nitrogens is 5. The standard InChI is InChI=1S/C26H22FN5O2/c1-16-30-25-21(12-18(14-29-25)19-13-22(34-3)26(33)31(2)15-19)32(16)24(17-8-5-4-6-9-17)23-20(27)10-7-11-28-23/h4-15,24H,1-3H3/t24-/m1/s1. The highest BCUT2D eigenvalue weighted by atomic mass is 19.1. The number of imidazole rings is 1. The van der Waals surface area contributed by atoms with Gasteiger partial charge in [-0.05, 0) is 36.8 Å². The van der Waals surface area contributed by atoms with Gasteiger partial charge in [-0.3, -0.25) is 9.78 Å². The maximum absolute atomic E-state index is 15.0. The first kappa shape index (κ1) is 21.5. The Labute approximate surface area is 195 Å². The Morgan fingerprint density at radius 3 is 2.56 bits per heavy atom. The molecule has 1 atom stereocenters. The van der Waals surface area contributed by atoms with Crippen LogP contribution in [-0.2, 0) is 7.05 Å². The van der Waals surface area contributed by atoms with Gasteiger partial charge in [0, 0.05) is 36.8 Å². The zero-order valence-electron chi connectivity index (χ0n) is 18.9. The lowest BCUT2D eigenvalue weighted by Gasteiger charge is -2.22. The fourth-order valence-electron chi connectivity index (χ4n) is 4.22. The van der Waals surface area contributed by atoms with Crippen molar-refractivity contribution in [3.63, 3.8) is 0 Å². The van der Waals surface area contributed by atoms with Gasteiger partial charge in [-0.25, -0.2) is 14.4 Å². The van der Waals surface area contributed by atoms with Crippen molar-refractivity contribution in [2.45, 2.75) is 13.0 Å². The van der Waals surface area contributed by atoms with Gasteiger partial charge in [0.1, 0.15) is 23.4 Å². The van der Waals surface area contributed by atoms with Crippen molar-refractivity contribution in [1.82, 2.24) is 24.1 Å². The van der Waals surface area contributed by atoms with Gasteiger partial charge in [-0.1, -0.05) is 30.3 Å². The third kappa shape index (κ3) is 3.63. The summed E-state index contributed by atoms with van der Waals surface area (Å²) in [5.74, 6) is 0.517. The SMILES string of the molecule is COc1cc(-c2cnc3nc(C)n([C@H](c4ccccc4)c4ncccc4F)c3c2)cn(C)c1=O. The van der Waals surface area contributed by atoms with E-state index in [4.69, 9.17) is 4.74 Å². The molecule has 1 aromatic carbocycles. The summed E-state index contributed by atoms with van der Waals surface area (Å²) in [7, 11) is 3.14. The van der Waals surface area contributed by atoms with Gasteiger partial charge in [0.05, 0.1) is 12.6 Å². The van der Waals surface area contributed by atoms with E-state index in [2.05, 4.69) is 15.0 Å².